The fourth-order valence-corrected chi connectivity index (χ4v) is 1.94. The lowest BCUT2D eigenvalue weighted by molar-refractivity contribution is -0.385. The minimum absolute atomic E-state index is 0.0832. The number of nitrogens with zero attached hydrogens (tertiary/aromatic N) is 2. The van der Waals surface area contributed by atoms with Gasteiger partial charge in [0.2, 0.25) is 0 Å². The molecule has 1 N–H and O–H groups in total. The molecule has 0 radical (unpaired) electrons. The average Bonchev–Trinajstić information content (AvgIpc) is 2.58. The summed E-state index contributed by atoms with van der Waals surface area (Å²) in [6, 6.07) is 4.31. The number of hydrogen-bond donors (Lipinski definition) is 1. The Kier molecular flexibility index (Phi) is 7.23. The molecular formula is C16H19N3O5. The van der Waals surface area contributed by atoms with Gasteiger partial charge in [-0.2, -0.15) is 5.26 Å². The molecule has 0 saturated heterocycles. The molecule has 1 rings (SSSR count). The highest BCUT2D eigenvalue weighted by atomic mass is 16.6. The van der Waals surface area contributed by atoms with Crippen LogP contribution in [-0.2, 0) is 4.79 Å². The van der Waals surface area contributed by atoms with Crippen LogP contribution in [-0.4, -0.2) is 31.6 Å². The first kappa shape index (κ1) is 19.0. The fraction of sp³-hybridized carbons (Fsp3) is 0.375. The summed E-state index contributed by atoms with van der Waals surface area (Å²) in [5.74, 6) is -0.125. The van der Waals surface area contributed by atoms with Gasteiger partial charge in [-0.1, -0.05) is 13.3 Å². The Hall–Kier alpha value is -3.08. The highest BCUT2D eigenvalue weighted by Gasteiger charge is 2.20. The van der Waals surface area contributed by atoms with E-state index in [1.807, 2.05) is 6.92 Å². The number of nitro groups is 1. The van der Waals surface area contributed by atoms with Gasteiger partial charge in [-0.25, -0.2) is 0 Å². The maximum Gasteiger partial charge on any atom is 0.280 e. The molecule has 0 fully saturated rings. The first-order valence-corrected chi connectivity index (χ1v) is 7.28. The topological polar surface area (TPSA) is 114 Å². The molecule has 1 aromatic carbocycles. The van der Waals surface area contributed by atoms with Crippen molar-refractivity contribution >= 4 is 17.7 Å². The molecule has 8 heteroatoms. The number of nitriles is 1. The highest BCUT2D eigenvalue weighted by molar-refractivity contribution is 6.02. The van der Waals surface area contributed by atoms with Gasteiger partial charge in [0.1, 0.15) is 11.6 Å². The zero-order chi connectivity index (χ0) is 18.1. The van der Waals surface area contributed by atoms with E-state index < -0.39 is 10.8 Å². The molecule has 0 aliphatic heterocycles. The molecule has 0 saturated carbocycles. The summed E-state index contributed by atoms with van der Waals surface area (Å²) in [6.07, 6.45) is 2.84. The highest BCUT2D eigenvalue weighted by Crippen LogP contribution is 2.35. The van der Waals surface area contributed by atoms with E-state index in [0.29, 0.717) is 6.54 Å². The van der Waals surface area contributed by atoms with Gasteiger partial charge < -0.3 is 14.8 Å². The van der Waals surface area contributed by atoms with Crippen LogP contribution in [0.15, 0.2) is 17.7 Å². The van der Waals surface area contributed by atoms with E-state index in [1.165, 1.54) is 32.4 Å². The number of ether oxygens (including phenoxy) is 2. The summed E-state index contributed by atoms with van der Waals surface area (Å²) < 4.78 is 10.1. The lowest BCUT2D eigenvalue weighted by Gasteiger charge is -2.09. The number of nitrogens with one attached hydrogen (secondary N) is 1. The van der Waals surface area contributed by atoms with Gasteiger partial charge in [0, 0.05) is 6.54 Å². The number of benzene rings is 1. The third-order valence-corrected chi connectivity index (χ3v) is 3.21. The van der Waals surface area contributed by atoms with E-state index in [9.17, 15) is 14.9 Å². The van der Waals surface area contributed by atoms with Gasteiger partial charge in [0.15, 0.2) is 11.5 Å². The minimum atomic E-state index is -0.613. The molecule has 0 spiro atoms. The standard InChI is InChI=1S/C16H19N3O5/c1-4-5-6-18-16(20)12(10-17)7-11-8-14(23-2)15(24-3)9-13(11)19(21)22/h7-9H,4-6H2,1-3H3,(H,18,20)/b12-7+. The molecule has 0 heterocycles. The number of hydrogen-bond acceptors (Lipinski definition) is 6. The van der Waals surface area contributed by atoms with E-state index in [4.69, 9.17) is 14.7 Å². The molecule has 24 heavy (non-hydrogen) atoms. The van der Waals surface area contributed by atoms with E-state index in [0.717, 1.165) is 12.8 Å². The second-order valence-corrected chi connectivity index (χ2v) is 4.80. The largest absolute Gasteiger partial charge is 0.493 e. The molecule has 1 aromatic rings. The Labute approximate surface area is 139 Å². The normalized spacial score (nSPS) is 10.7. The molecule has 8 nitrogen and oxygen atoms in total. The quantitative estimate of drug-likeness (QED) is 0.257. The van der Waals surface area contributed by atoms with Gasteiger partial charge in [-0.3, -0.25) is 14.9 Å². The first-order chi connectivity index (χ1) is 11.5. The van der Waals surface area contributed by atoms with Gasteiger partial charge >= 0.3 is 0 Å². The maximum atomic E-state index is 12.0. The number of methoxy groups -OCH3 is 2. The summed E-state index contributed by atoms with van der Waals surface area (Å²) in [5.41, 5.74) is -0.428. The van der Waals surface area contributed by atoms with Crippen molar-refractivity contribution in [3.63, 3.8) is 0 Å². The van der Waals surface area contributed by atoms with Crippen LogP contribution in [0.2, 0.25) is 0 Å². The molecule has 1 amide bonds. The van der Waals surface area contributed by atoms with Crippen molar-refractivity contribution < 1.29 is 19.2 Å². The fourth-order valence-electron chi connectivity index (χ4n) is 1.94. The zero-order valence-electron chi connectivity index (χ0n) is 13.8. The smallest absolute Gasteiger partial charge is 0.280 e. The SMILES string of the molecule is CCCCNC(=O)/C(C#N)=C/c1cc(OC)c(OC)cc1[N+](=O)[O-]. The minimum Gasteiger partial charge on any atom is -0.493 e. The number of carbonyl (C=O) groups is 1. The Morgan fingerprint density at radius 1 is 1.38 bits per heavy atom. The van der Waals surface area contributed by atoms with Crippen LogP contribution in [0.25, 0.3) is 6.08 Å². The van der Waals surface area contributed by atoms with Crippen molar-refractivity contribution in [1.82, 2.24) is 5.32 Å². The first-order valence-electron chi connectivity index (χ1n) is 7.28. The number of rotatable bonds is 8. The molecular weight excluding hydrogens is 314 g/mol. The third kappa shape index (κ3) is 4.71. The van der Waals surface area contributed by atoms with Crippen molar-refractivity contribution in [3.8, 4) is 17.6 Å². The lowest BCUT2D eigenvalue weighted by atomic mass is 10.1. The second-order valence-electron chi connectivity index (χ2n) is 4.80. The van der Waals surface area contributed by atoms with Crippen molar-refractivity contribution in [2.45, 2.75) is 19.8 Å². The Bertz CT molecular complexity index is 692. The van der Waals surface area contributed by atoms with Crippen LogP contribution in [0.3, 0.4) is 0 Å². The third-order valence-electron chi connectivity index (χ3n) is 3.21. The average molecular weight is 333 g/mol. The van der Waals surface area contributed by atoms with Crippen molar-refractivity contribution in [1.29, 1.82) is 5.26 Å². The van der Waals surface area contributed by atoms with Crippen LogP contribution in [0.4, 0.5) is 5.69 Å². The van der Waals surface area contributed by atoms with Crippen LogP contribution in [0.1, 0.15) is 25.3 Å². The molecule has 0 unspecified atom stereocenters. The van der Waals surface area contributed by atoms with E-state index in [2.05, 4.69) is 5.32 Å². The number of carbonyl (C=O) groups excluding carboxylic acids is 1. The predicted octanol–water partition coefficient (Wildman–Crippen LogP) is 2.44. The number of unbranched alkanes of at least 4 members (excludes halogenated alkanes) is 1. The molecule has 0 atom stereocenters. The molecule has 0 bridgehead atoms. The van der Waals surface area contributed by atoms with E-state index in [1.54, 1.807) is 6.07 Å². The summed E-state index contributed by atoms with van der Waals surface area (Å²) in [5, 5.41) is 23.0. The summed E-state index contributed by atoms with van der Waals surface area (Å²) in [4.78, 5) is 22.6. The Morgan fingerprint density at radius 2 is 2.00 bits per heavy atom. The maximum absolute atomic E-state index is 12.0. The van der Waals surface area contributed by atoms with Crippen molar-refractivity contribution in [2.75, 3.05) is 20.8 Å². The van der Waals surface area contributed by atoms with Gasteiger partial charge in [-0.05, 0) is 18.6 Å². The van der Waals surface area contributed by atoms with Crippen LogP contribution < -0.4 is 14.8 Å². The second kappa shape index (κ2) is 9.15. The van der Waals surface area contributed by atoms with Gasteiger partial charge in [0.25, 0.3) is 11.6 Å². The molecule has 0 aliphatic carbocycles. The van der Waals surface area contributed by atoms with Gasteiger partial charge in [-0.15, -0.1) is 0 Å². The summed E-state index contributed by atoms with van der Waals surface area (Å²) in [7, 11) is 2.75. The Morgan fingerprint density at radius 3 is 2.50 bits per heavy atom. The summed E-state index contributed by atoms with van der Waals surface area (Å²) in [6.45, 7) is 2.41. The molecule has 128 valence electrons. The lowest BCUT2D eigenvalue weighted by Crippen LogP contribution is -2.25. The predicted molar refractivity (Wildman–Crippen MR) is 87.7 cm³/mol. The van der Waals surface area contributed by atoms with Crippen LogP contribution in [0, 0.1) is 21.4 Å². The van der Waals surface area contributed by atoms with E-state index >= 15 is 0 Å². The monoisotopic (exact) mass is 333 g/mol. The molecule has 0 aliphatic rings. The van der Waals surface area contributed by atoms with Crippen molar-refractivity contribution in [2.24, 2.45) is 0 Å². The van der Waals surface area contributed by atoms with Crippen LogP contribution >= 0.6 is 0 Å². The van der Waals surface area contributed by atoms with E-state index in [-0.39, 0.29) is 28.3 Å². The van der Waals surface area contributed by atoms with Gasteiger partial charge in [0.05, 0.1) is 30.8 Å². The molecule has 0 aromatic heterocycles. The summed E-state index contributed by atoms with van der Waals surface area (Å²) >= 11 is 0. The zero-order valence-corrected chi connectivity index (χ0v) is 13.8. The van der Waals surface area contributed by atoms with Crippen LogP contribution in [0.5, 0.6) is 11.5 Å². The Balaban J connectivity index is 3.29. The number of amides is 1. The number of nitro benzene ring substituents is 1. The van der Waals surface area contributed by atoms with Crippen molar-refractivity contribution in [3.05, 3.63) is 33.4 Å².